The molecule has 0 aromatic heterocycles. The lowest BCUT2D eigenvalue weighted by Gasteiger charge is -2.15. The van der Waals surface area contributed by atoms with Crippen molar-refractivity contribution in [1.29, 1.82) is 0 Å². The molecular formula is C13H18O3. The Labute approximate surface area is 96.4 Å². The number of carbonyl (C=O) groups excluding carboxylic acids is 1. The van der Waals surface area contributed by atoms with Crippen LogP contribution < -0.4 is 4.74 Å². The van der Waals surface area contributed by atoms with Gasteiger partial charge < -0.3 is 9.47 Å². The summed E-state index contributed by atoms with van der Waals surface area (Å²) in [4.78, 5) is 11.6. The summed E-state index contributed by atoms with van der Waals surface area (Å²) in [6.07, 6.45) is 0. The van der Waals surface area contributed by atoms with Crippen molar-refractivity contribution in [2.24, 2.45) is 0 Å². The van der Waals surface area contributed by atoms with E-state index in [0.717, 1.165) is 16.9 Å². The Morgan fingerprint density at radius 3 is 2.69 bits per heavy atom. The van der Waals surface area contributed by atoms with Crippen molar-refractivity contribution in [1.82, 2.24) is 0 Å². The van der Waals surface area contributed by atoms with Crippen molar-refractivity contribution in [2.75, 3.05) is 13.7 Å². The summed E-state index contributed by atoms with van der Waals surface area (Å²) in [5, 5.41) is 0. The first-order chi connectivity index (χ1) is 7.60. The smallest absolute Gasteiger partial charge is 0.313 e. The molecule has 88 valence electrons. The van der Waals surface area contributed by atoms with E-state index in [2.05, 4.69) is 0 Å². The molecule has 0 aliphatic heterocycles. The molecule has 1 aromatic rings. The quantitative estimate of drug-likeness (QED) is 0.735. The summed E-state index contributed by atoms with van der Waals surface area (Å²) in [6, 6.07) is 5.79. The van der Waals surface area contributed by atoms with E-state index in [1.54, 1.807) is 14.0 Å². The number of ether oxygens (including phenoxy) is 2. The zero-order valence-corrected chi connectivity index (χ0v) is 10.2. The molecule has 0 saturated heterocycles. The molecule has 0 amide bonds. The molecule has 0 aliphatic rings. The maximum Gasteiger partial charge on any atom is 0.313 e. The fraction of sp³-hybridized carbons (Fsp3) is 0.462. The van der Waals surface area contributed by atoms with Gasteiger partial charge in [0.25, 0.3) is 0 Å². The highest BCUT2D eigenvalue weighted by atomic mass is 16.5. The number of esters is 1. The molecular weight excluding hydrogens is 204 g/mol. The van der Waals surface area contributed by atoms with E-state index in [4.69, 9.17) is 9.47 Å². The summed E-state index contributed by atoms with van der Waals surface area (Å²) in [5.74, 6) is 0.215. The van der Waals surface area contributed by atoms with Gasteiger partial charge in [0, 0.05) is 5.56 Å². The Kier molecular flexibility index (Phi) is 4.35. The van der Waals surface area contributed by atoms with Crippen LogP contribution in [0.2, 0.25) is 0 Å². The maximum absolute atomic E-state index is 11.6. The van der Waals surface area contributed by atoms with Crippen LogP contribution in [0.15, 0.2) is 18.2 Å². The maximum atomic E-state index is 11.6. The van der Waals surface area contributed by atoms with Crippen molar-refractivity contribution in [3.8, 4) is 5.75 Å². The van der Waals surface area contributed by atoms with Gasteiger partial charge in [-0.3, -0.25) is 4.79 Å². The van der Waals surface area contributed by atoms with E-state index in [1.165, 1.54) is 0 Å². The Bertz CT molecular complexity index is 371. The molecule has 1 atom stereocenters. The van der Waals surface area contributed by atoms with Gasteiger partial charge in [-0.2, -0.15) is 0 Å². The zero-order valence-electron chi connectivity index (χ0n) is 10.2. The third-order valence-electron chi connectivity index (χ3n) is 2.49. The number of methoxy groups -OCH3 is 1. The standard InChI is InChI=1S/C13H18O3/c1-5-16-13(14)10(3)11-8-9(2)6-7-12(11)15-4/h6-8,10H,5H2,1-4H3. The molecule has 1 unspecified atom stereocenters. The average molecular weight is 222 g/mol. The van der Waals surface area contributed by atoms with Gasteiger partial charge in [0.1, 0.15) is 5.75 Å². The summed E-state index contributed by atoms with van der Waals surface area (Å²) < 4.78 is 10.2. The van der Waals surface area contributed by atoms with Crippen LogP contribution in [0.1, 0.15) is 30.9 Å². The molecule has 0 spiro atoms. The summed E-state index contributed by atoms with van der Waals surface area (Å²) in [6.45, 7) is 6.02. The number of rotatable bonds is 4. The van der Waals surface area contributed by atoms with E-state index in [0.29, 0.717) is 6.61 Å². The Balaban J connectivity index is 3.01. The lowest BCUT2D eigenvalue weighted by atomic mass is 9.98. The Morgan fingerprint density at radius 1 is 1.44 bits per heavy atom. The van der Waals surface area contributed by atoms with Crippen LogP contribution in [0.4, 0.5) is 0 Å². The first kappa shape index (κ1) is 12.6. The van der Waals surface area contributed by atoms with Crippen molar-refractivity contribution < 1.29 is 14.3 Å². The van der Waals surface area contributed by atoms with Gasteiger partial charge >= 0.3 is 5.97 Å². The first-order valence-corrected chi connectivity index (χ1v) is 5.41. The molecule has 0 heterocycles. The van der Waals surface area contributed by atoms with E-state index >= 15 is 0 Å². The predicted molar refractivity (Wildman–Crippen MR) is 62.8 cm³/mol. The molecule has 0 aliphatic carbocycles. The minimum atomic E-state index is -0.296. The molecule has 0 fully saturated rings. The average Bonchev–Trinajstić information content (AvgIpc) is 2.28. The molecule has 0 radical (unpaired) electrons. The normalized spacial score (nSPS) is 12.0. The van der Waals surface area contributed by atoms with Gasteiger partial charge in [0.15, 0.2) is 0 Å². The van der Waals surface area contributed by atoms with Crippen LogP contribution in [0, 0.1) is 6.92 Å². The second-order valence-electron chi connectivity index (χ2n) is 3.72. The number of hydrogen-bond donors (Lipinski definition) is 0. The van der Waals surface area contributed by atoms with E-state index < -0.39 is 0 Å². The Hall–Kier alpha value is -1.51. The minimum absolute atomic E-state index is 0.216. The second kappa shape index (κ2) is 5.54. The van der Waals surface area contributed by atoms with Crippen molar-refractivity contribution in [3.63, 3.8) is 0 Å². The predicted octanol–water partition coefficient (Wildman–Crippen LogP) is 2.67. The number of aryl methyl sites for hydroxylation is 1. The third kappa shape index (κ3) is 2.75. The first-order valence-electron chi connectivity index (χ1n) is 5.41. The lowest BCUT2D eigenvalue weighted by Crippen LogP contribution is -2.14. The van der Waals surface area contributed by atoms with Gasteiger partial charge in [0.05, 0.1) is 19.6 Å². The molecule has 1 aromatic carbocycles. The highest BCUT2D eigenvalue weighted by Crippen LogP contribution is 2.28. The molecule has 0 saturated carbocycles. The van der Waals surface area contributed by atoms with Crippen LogP contribution in [0.25, 0.3) is 0 Å². The fourth-order valence-corrected chi connectivity index (χ4v) is 1.59. The zero-order chi connectivity index (χ0) is 12.1. The second-order valence-corrected chi connectivity index (χ2v) is 3.72. The van der Waals surface area contributed by atoms with Gasteiger partial charge in [0.2, 0.25) is 0 Å². The summed E-state index contributed by atoms with van der Waals surface area (Å²) >= 11 is 0. The van der Waals surface area contributed by atoms with E-state index in [1.807, 2.05) is 32.0 Å². The molecule has 0 N–H and O–H groups in total. The van der Waals surface area contributed by atoms with E-state index in [9.17, 15) is 4.79 Å². The largest absolute Gasteiger partial charge is 0.496 e. The van der Waals surface area contributed by atoms with Crippen LogP contribution in [0.5, 0.6) is 5.75 Å². The summed E-state index contributed by atoms with van der Waals surface area (Å²) in [5.41, 5.74) is 1.98. The third-order valence-corrected chi connectivity index (χ3v) is 2.49. The molecule has 1 rings (SSSR count). The highest BCUT2D eigenvalue weighted by molar-refractivity contribution is 5.78. The molecule has 0 bridgehead atoms. The van der Waals surface area contributed by atoms with Gasteiger partial charge in [-0.25, -0.2) is 0 Å². The van der Waals surface area contributed by atoms with Crippen molar-refractivity contribution in [3.05, 3.63) is 29.3 Å². The van der Waals surface area contributed by atoms with Crippen LogP contribution >= 0.6 is 0 Å². The van der Waals surface area contributed by atoms with Gasteiger partial charge in [-0.1, -0.05) is 17.7 Å². The van der Waals surface area contributed by atoms with Gasteiger partial charge in [-0.15, -0.1) is 0 Å². The van der Waals surface area contributed by atoms with E-state index in [-0.39, 0.29) is 11.9 Å². The van der Waals surface area contributed by atoms with Crippen molar-refractivity contribution in [2.45, 2.75) is 26.7 Å². The molecule has 16 heavy (non-hydrogen) atoms. The van der Waals surface area contributed by atoms with Crippen molar-refractivity contribution >= 4 is 5.97 Å². The highest BCUT2D eigenvalue weighted by Gasteiger charge is 2.20. The number of carbonyl (C=O) groups is 1. The molecule has 3 nitrogen and oxygen atoms in total. The van der Waals surface area contributed by atoms with Crippen LogP contribution in [-0.2, 0) is 9.53 Å². The molecule has 3 heteroatoms. The number of hydrogen-bond acceptors (Lipinski definition) is 3. The lowest BCUT2D eigenvalue weighted by molar-refractivity contribution is -0.144. The number of benzene rings is 1. The Morgan fingerprint density at radius 2 is 2.12 bits per heavy atom. The van der Waals surface area contributed by atoms with Crippen LogP contribution in [0.3, 0.4) is 0 Å². The fourth-order valence-electron chi connectivity index (χ4n) is 1.59. The monoisotopic (exact) mass is 222 g/mol. The SMILES string of the molecule is CCOC(=O)C(C)c1cc(C)ccc1OC. The van der Waals surface area contributed by atoms with Crippen LogP contribution in [-0.4, -0.2) is 19.7 Å². The summed E-state index contributed by atoms with van der Waals surface area (Å²) in [7, 11) is 1.60. The van der Waals surface area contributed by atoms with Gasteiger partial charge in [-0.05, 0) is 26.8 Å². The topological polar surface area (TPSA) is 35.5 Å². The minimum Gasteiger partial charge on any atom is -0.496 e.